The normalized spacial score (nSPS) is 11.3. The van der Waals surface area contributed by atoms with E-state index >= 15 is 0 Å². The van der Waals surface area contributed by atoms with Crippen LogP contribution in [0.2, 0.25) is 0 Å². The maximum Gasteiger partial charge on any atom is 0.111 e. The number of nitriles is 2. The molecule has 0 aromatic rings. The van der Waals surface area contributed by atoms with E-state index in [1.807, 2.05) is 34.7 Å². The third-order valence-corrected chi connectivity index (χ3v) is 1.13. The molecule has 7 heavy (non-hydrogen) atoms. The zero-order chi connectivity index (χ0) is 5.70. The summed E-state index contributed by atoms with van der Waals surface area (Å²) in [5.41, 5.74) is 0. The van der Waals surface area contributed by atoms with Gasteiger partial charge in [-0.15, -0.1) is 0 Å². The Bertz CT molecular complexity index is 119. The zero-order valence-corrected chi connectivity index (χ0v) is 5.71. The Kier molecular flexibility index (Phi) is 3.72. The van der Waals surface area contributed by atoms with E-state index in [0.29, 0.717) is 6.42 Å². The average molecular weight is 206 g/mol. The molecule has 3 heteroatoms. The molecule has 1 atom stereocenters. The van der Waals surface area contributed by atoms with Gasteiger partial charge in [0.15, 0.2) is 0 Å². The minimum absolute atomic E-state index is 0.136. The van der Waals surface area contributed by atoms with Crippen molar-refractivity contribution in [2.45, 2.75) is 10.3 Å². The van der Waals surface area contributed by atoms with Crippen LogP contribution in [0.25, 0.3) is 0 Å². The molecule has 1 unspecified atom stereocenters. The minimum Gasteiger partial charge on any atom is -0.198 e. The molecule has 0 saturated heterocycles. The lowest BCUT2D eigenvalue weighted by molar-refractivity contribution is 1.12. The topological polar surface area (TPSA) is 47.6 Å². The molecular weight excluding hydrogens is 203 g/mol. The predicted octanol–water partition coefficient (Wildman–Crippen LogP) is 1.23. The van der Waals surface area contributed by atoms with Crippen LogP contribution in [0.5, 0.6) is 0 Å². The van der Waals surface area contributed by atoms with E-state index in [1.54, 1.807) is 0 Å². The van der Waals surface area contributed by atoms with Gasteiger partial charge in [0, 0.05) is 0 Å². The van der Waals surface area contributed by atoms with Gasteiger partial charge in [-0.2, -0.15) is 10.5 Å². The van der Waals surface area contributed by atoms with E-state index in [0.717, 1.165) is 0 Å². The van der Waals surface area contributed by atoms with Crippen LogP contribution < -0.4 is 0 Å². The summed E-state index contributed by atoms with van der Waals surface area (Å²) in [6.45, 7) is 0. The van der Waals surface area contributed by atoms with Gasteiger partial charge in [-0.05, 0) is 0 Å². The van der Waals surface area contributed by atoms with E-state index in [4.69, 9.17) is 10.5 Å². The number of nitrogens with zero attached hydrogens (tertiary/aromatic N) is 2. The smallest absolute Gasteiger partial charge is 0.111 e. The Morgan fingerprint density at radius 1 is 1.57 bits per heavy atom. The van der Waals surface area contributed by atoms with E-state index in [-0.39, 0.29) is 3.92 Å². The number of halogens is 1. The summed E-state index contributed by atoms with van der Waals surface area (Å²) in [5, 5.41) is 16.0. The summed E-state index contributed by atoms with van der Waals surface area (Å²) in [7, 11) is 0. The lowest BCUT2D eigenvalue weighted by Gasteiger charge is -1.82. The summed E-state index contributed by atoms with van der Waals surface area (Å²) in [5.74, 6) is 0. The van der Waals surface area contributed by atoms with Crippen molar-refractivity contribution < 1.29 is 0 Å². The van der Waals surface area contributed by atoms with Gasteiger partial charge in [0.1, 0.15) is 3.92 Å². The Labute approximate surface area is 55.9 Å². The fourth-order valence-corrected chi connectivity index (χ4v) is 0.323. The molecule has 0 radical (unpaired) electrons. The molecule has 2 nitrogen and oxygen atoms in total. The van der Waals surface area contributed by atoms with Crippen LogP contribution >= 0.6 is 22.6 Å². The van der Waals surface area contributed by atoms with Crippen molar-refractivity contribution in [3.8, 4) is 12.1 Å². The average Bonchev–Trinajstić information content (AvgIpc) is 1.68. The molecule has 0 saturated carbocycles. The lowest BCUT2D eigenvalue weighted by atomic mass is 10.4. The highest BCUT2D eigenvalue weighted by Crippen LogP contribution is 2.00. The Balaban J connectivity index is 3.27. The Morgan fingerprint density at radius 3 is 2.29 bits per heavy atom. The SMILES string of the molecule is N#CCC(I)C#N. The number of hydrogen-bond donors (Lipinski definition) is 0. The van der Waals surface area contributed by atoms with Gasteiger partial charge in [-0.3, -0.25) is 0 Å². The third-order valence-electron chi connectivity index (χ3n) is 0.411. The molecule has 0 aliphatic carbocycles. The van der Waals surface area contributed by atoms with Gasteiger partial charge >= 0.3 is 0 Å². The molecule has 0 heterocycles. The monoisotopic (exact) mass is 206 g/mol. The number of rotatable bonds is 1. The molecule has 0 spiro atoms. The van der Waals surface area contributed by atoms with Crippen LogP contribution in [0.4, 0.5) is 0 Å². The maximum atomic E-state index is 8.06. The van der Waals surface area contributed by atoms with Gasteiger partial charge in [0.05, 0.1) is 18.6 Å². The summed E-state index contributed by atoms with van der Waals surface area (Å²) in [6, 6.07) is 3.82. The van der Waals surface area contributed by atoms with Gasteiger partial charge < -0.3 is 0 Å². The summed E-state index contributed by atoms with van der Waals surface area (Å²) < 4.78 is -0.136. The standard InChI is InChI=1S/C4H3IN2/c5-4(3-7)1-2-6/h4H,1H2. The molecule has 0 aliphatic rings. The first kappa shape index (κ1) is 6.71. The van der Waals surface area contributed by atoms with Crippen molar-refractivity contribution in [1.82, 2.24) is 0 Å². The molecule has 0 fully saturated rings. The second kappa shape index (κ2) is 3.89. The molecule has 0 aromatic heterocycles. The highest BCUT2D eigenvalue weighted by Gasteiger charge is 1.95. The van der Waals surface area contributed by atoms with Crippen molar-refractivity contribution >= 4 is 22.6 Å². The van der Waals surface area contributed by atoms with Crippen LogP contribution in [0.15, 0.2) is 0 Å². The lowest BCUT2D eigenvalue weighted by Crippen LogP contribution is -1.86. The molecule has 0 rings (SSSR count). The van der Waals surface area contributed by atoms with Gasteiger partial charge in [-0.1, -0.05) is 22.6 Å². The van der Waals surface area contributed by atoms with Crippen LogP contribution in [0, 0.1) is 22.7 Å². The first-order valence-electron chi connectivity index (χ1n) is 1.72. The summed E-state index contributed by atoms with van der Waals surface area (Å²) >= 11 is 1.92. The van der Waals surface area contributed by atoms with Crippen molar-refractivity contribution in [3.63, 3.8) is 0 Å². The van der Waals surface area contributed by atoms with Crippen LogP contribution in [-0.4, -0.2) is 3.92 Å². The van der Waals surface area contributed by atoms with E-state index in [1.165, 1.54) is 0 Å². The first-order chi connectivity index (χ1) is 3.31. The van der Waals surface area contributed by atoms with E-state index in [2.05, 4.69) is 0 Å². The largest absolute Gasteiger partial charge is 0.198 e. The quantitative estimate of drug-likeness (QED) is 0.478. The number of hydrogen-bond acceptors (Lipinski definition) is 2. The molecule has 36 valence electrons. The highest BCUT2D eigenvalue weighted by molar-refractivity contribution is 14.1. The van der Waals surface area contributed by atoms with E-state index < -0.39 is 0 Å². The molecule has 0 bridgehead atoms. The number of alkyl halides is 1. The highest BCUT2D eigenvalue weighted by atomic mass is 127. The molecule has 0 aliphatic heterocycles. The van der Waals surface area contributed by atoms with Crippen molar-refractivity contribution in [3.05, 3.63) is 0 Å². The molecule has 0 N–H and O–H groups in total. The van der Waals surface area contributed by atoms with Gasteiger partial charge in [-0.25, -0.2) is 0 Å². The second-order valence-corrected chi connectivity index (χ2v) is 2.46. The van der Waals surface area contributed by atoms with Crippen LogP contribution in [-0.2, 0) is 0 Å². The van der Waals surface area contributed by atoms with Crippen molar-refractivity contribution in [1.29, 1.82) is 10.5 Å². The zero-order valence-electron chi connectivity index (χ0n) is 3.56. The predicted molar refractivity (Wildman–Crippen MR) is 33.7 cm³/mol. The minimum atomic E-state index is -0.136. The first-order valence-corrected chi connectivity index (χ1v) is 2.96. The van der Waals surface area contributed by atoms with Gasteiger partial charge in [0.25, 0.3) is 0 Å². The van der Waals surface area contributed by atoms with Crippen molar-refractivity contribution in [2.75, 3.05) is 0 Å². The van der Waals surface area contributed by atoms with Crippen LogP contribution in [0.3, 0.4) is 0 Å². The molecular formula is C4H3IN2. The summed E-state index contributed by atoms with van der Waals surface area (Å²) in [6.07, 6.45) is 0.330. The third kappa shape index (κ3) is 3.54. The maximum absolute atomic E-state index is 8.06. The molecule has 0 amide bonds. The van der Waals surface area contributed by atoms with Crippen LogP contribution in [0.1, 0.15) is 6.42 Å². The Hall–Kier alpha value is -0.290. The van der Waals surface area contributed by atoms with Gasteiger partial charge in [0.2, 0.25) is 0 Å². The fraction of sp³-hybridized carbons (Fsp3) is 0.500. The Morgan fingerprint density at radius 2 is 2.14 bits per heavy atom. The molecule has 0 aromatic carbocycles. The van der Waals surface area contributed by atoms with Crippen molar-refractivity contribution in [2.24, 2.45) is 0 Å². The van der Waals surface area contributed by atoms with E-state index in [9.17, 15) is 0 Å². The fourth-order valence-electron chi connectivity index (χ4n) is 0.126. The second-order valence-electron chi connectivity index (χ2n) is 0.959. The summed E-state index contributed by atoms with van der Waals surface area (Å²) in [4.78, 5) is 0.